The summed E-state index contributed by atoms with van der Waals surface area (Å²) in [7, 11) is 0. The van der Waals surface area contributed by atoms with Crippen LogP contribution in [0.4, 0.5) is 4.39 Å². The molecule has 5 nitrogen and oxygen atoms in total. The van der Waals surface area contributed by atoms with Crippen molar-refractivity contribution in [1.29, 1.82) is 0 Å². The van der Waals surface area contributed by atoms with Gasteiger partial charge in [-0.15, -0.1) is 0 Å². The third kappa shape index (κ3) is 4.89. The second kappa shape index (κ2) is 7.87. The van der Waals surface area contributed by atoms with Crippen molar-refractivity contribution in [2.45, 2.75) is 26.2 Å². The van der Waals surface area contributed by atoms with Crippen LogP contribution in [0.15, 0.2) is 24.3 Å². The molecule has 1 aromatic heterocycles. The van der Waals surface area contributed by atoms with Crippen LogP contribution in [0.5, 0.6) is 5.88 Å². The number of ether oxygens (including phenoxy) is 1. The van der Waals surface area contributed by atoms with E-state index in [1.165, 1.54) is 18.2 Å². The number of rotatable bonds is 6. The summed E-state index contributed by atoms with van der Waals surface area (Å²) in [5.41, 5.74) is 0.974. The standard InChI is InChI=1S/C16H16ClFN2O3/c1-2-23-15(22)5-3-4-11-9-14(21)20-16(19-11)10-6-7-12(17)13(18)8-10/h6-9H,2-5H2,1H3,(H,19,20,21). The molecular formula is C16H16ClFN2O3. The van der Waals surface area contributed by atoms with Crippen molar-refractivity contribution in [1.82, 2.24) is 9.97 Å². The lowest BCUT2D eigenvalue weighted by Crippen LogP contribution is -2.04. The quantitative estimate of drug-likeness (QED) is 0.816. The fraction of sp³-hybridized carbons (Fsp3) is 0.312. The molecule has 23 heavy (non-hydrogen) atoms. The molecule has 7 heteroatoms. The van der Waals surface area contributed by atoms with Gasteiger partial charge in [0, 0.05) is 23.7 Å². The average molecular weight is 339 g/mol. The molecule has 0 saturated carbocycles. The molecule has 122 valence electrons. The van der Waals surface area contributed by atoms with Gasteiger partial charge in [-0.25, -0.2) is 9.37 Å². The van der Waals surface area contributed by atoms with Crippen LogP contribution in [-0.4, -0.2) is 27.7 Å². The molecular weight excluding hydrogens is 323 g/mol. The molecule has 0 unspecified atom stereocenters. The predicted octanol–water partition coefficient (Wildman–Crippen LogP) is 3.53. The number of benzene rings is 1. The Bertz CT molecular complexity index is 710. The zero-order valence-corrected chi connectivity index (χ0v) is 13.3. The van der Waals surface area contributed by atoms with E-state index < -0.39 is 5.82 Å². The minimum atomic E-state index is -0.583. The molecule has 0 spiro atoms. The first-order valence-corrected chi connectivity index (χ1v) is 7.55. The minimum Gasteiger partial charge on any atom is -0.493 e. The van der Waals surface area contributed by atoms with Crippen LogP contribution in [0.2, 0.25) is 5.02 Å². The Hall–Kier alpha value is -2.21. The van der Waals surface area contributed by atoms with Crippen LogP contribution >= 0.6 is 11.6 Å². The van der Waals surface area contributed by atoms with Gasteiger partial charge >= 0.3 is 5.97 Å². The maximum absolute atomic E-state index is 13.5. The highest BCUT2D eigenvalue weighted by Gasteiger charge is 2.10. The highest BCUT2D eigenvalue weighted by Crippen LogP contribution is 2.23. The summed E-state index contributed by atoms with van der Waals surface area (Å²) in [6.45, 7) is 2.09. The van der Waals surface area contributed by atoms with Crippen LogP contribution in [-0.2, 0) is 16.0 Å². The van der Waals surface area contributed by atoms with Crippen molar-refractivity contribution in [3.05, 3.63) is 40.8 Å². The summed E-state index contributed by atoms with van der Waals surface area (Å²) >= 11 is 5.65. The molecule has 0 amide bonds. The van der Waals surface area contributed by atoms with Gasteiger partial charge in [0.2, 0.25) is 5.88 Å². The van der Waals surface area contributed by atoms with Gasteiger partial charge in [-0.1, -0.05) is 11.6 Å². The third-order valence-electron chi connectivity index (χ3n) is 3.06. The number of aryl methyl sites for hydroxylation is 1. The van der Waals surface area contributed by atoms with Gasteiger partial charge < -0.3 is 9.84 Å². The van der Waals surface area contributed by atoms with Gasteiger partial charge in [0.05, 0.1) is 11.6 Å². The largest absolute Gasteiger partial charge is 0.493 e. The zero-order chi connectivity index (χ0) is 16.8. The van der Waals surface area contributed by atoms with Gasteiger partial charge in [-0.2, -0.15) is 4.98 Å². The normalized spacial score (nSPS) is 10.6. The zero-order valence-electron chi connectivity index (χ0n) is 12.6. The second-order valence-electron chi connectivity index (χ2n) is 4.83. The highest BCUT2D eigenvalue weighted by atomic mass is 35.5. The maximum atomic E-state index is 13.5. The molecule has 0 saturated heterocycles. The van der Waals surface area contributed by atoms with E-state index in [1.807, 2.05) is 0 Å². The van der Waals surface area contributed by atoms with E-state index in [1.54, 1.807) is 13.0 Å². The SMILES string of the molecule is CCOC(=O)CCCc1cc(O)nc(-c2ccc(Cl)c(F)c2)n1. The Labute approximate surface area is 138 Å². The van der Waals surface area contributed by atoms with Gasteiger partial charge in [0.25, 0.3) is 0 Å². The van der Waals surface area contributed by atoms with E-state index in [0.29, 0.717) is 30.7 Å². The molecule has 0 atom stereocenters. The first-order chi connectivity index (χ1) is 11.0. The molecule has 0 aliphatic rings. The number of aromatic hydroxyl groups is 1. The predicted molar refractivity (Wildman–Crippen MR) is 83.7 cm³/mol. The lowest BCUT2D eigenvalue weighted by molar-refractivity contribution is -0.143. The smallest absolute Gasteiger partial charge is 0.305 e. The lowest BCUT2D eigenvalue weighted by atomic mass is 10.1. The molecule has 0 radical (unpaired) electrons. The molecule has 0 aliphatic heterocycles. The summed E-state index contributed by atoms with van der Waals surface area (Å²) < 4.78 is 18.4. The van der Waals surface area contributed by atoms with Gasteiger partial charge in [-0.3, -0.25) is 4.79 Å². The number of hydrogen-bond donors (Lipinski definition) is 1. The third-order valence-corrected chi connectivity index (χ3v) is 3.37. The molecule has 2 aromatic rings. The lowest BCUT2D eigenvalue weighted by Gasteiger charge is -2.06. The van der Waals surface area contributed by atoms with E-state index in [0.717, 1.165) is 0 Å². The number of esters is 1. The van der Waals surface area contributed by atoms with Crippen molar-refractivity contribution in [3.8, 4) is 17.3 Å². The number of nitrogens with zero attached hydrogens (tertiary/aromatic N) is 2. The summed E-state index contributed by atoms with van der Waals surface area (Å²) in [5.74, 6) is -0.867. The van der Waals surface area contributed by atoms with Gasteiger partial charge in [0.15, 0.2) is 5.82 Å². The summed E-state index contributed by atoms with van der Waals surface area (Å²) in [5, 5.41) is 9.71. The number of carbonyl (C=O) groups excluding carboxylic acids is 1. The topological polar surface area (TPSA) is 72.3 Å². The van der Waals surface area contributed by atoms with Crippen LogP contribution in [0.1, 0.15) is 25.5 Å². The fourth-order valence-corrected chi connectivity index (χ4v) is 2.14. The Morgan fingerprint density at radius 1 is 1.35 bits per heavy atom. The van der Waals surface area contributed by atoms with Crippen molar-refractivity contribution in [2.75, 3.05) is 6.61 Å². The van der Waals surface area contributed by atoms with Crippen LogP contribution < -0.4 is 0 Å². The number of hydrogen-bond acceptors (Lipinski definition) is 5. The molecule has 0 bridgehead atoms. The number of aromatic nitrogens is 2. The monoisotopic (exact) mass is 338 g/mol. The first-order valence-electron chi connectivity index (χ1n) is 7.17. The molecule has 2 rings (SSSR count). The van der Waals surface area contributed by atoms with E-state index in [2.05, 4.69) is 9.97 Å². The summed E-state index contributed by atoms with van der Waals surface area (Å²) in [6.07, 6.45) is 1.27. The Morgan fingerprint density at radius 2 is 2.13 bits per heavy atom. The highest BCUT2D eigenvalue weighted by molar-refractivity contribution is 6.30. The Kier molecular flexibility index (Phi) is 5.87. The summed E-state index contributed by atoms with van der Waals surface area (Å²) in [6, 6.07) is 5.60. The van der Waals surface area contributed by atoms with E-state index >= 15 is 0 Å². The molecule has 1 heterocycles. The van der Waals surface area contributed by atoms with E-state index in [9.17, 15) is 14.3 Å². The second-order valence-corrected chi connectivity index (χ2v) is 5.24. The van der Waals surface area contributed by atoms with E-state index in [4.69, 9.17) is 16.3 Å². The van der Waals surface area contributed by atoms with Crippen molar-refractivity contribution >= 4 is 17.6 Å². The van der Waals surface area contributed by atoms with Crippen molar-refractivity contribution in [2.24, 2.45) is 0 Å². The molecule has 1 N–H and O–H groups in total. The van der Waals surface area contributed by atoms with Crippen LogP contribution in [0.3, 0.4) is 0 Å². The fourth-order valence-electron chi connectivity index (χ4n) is 2.02. The Balaban J connectivity index is 2.12. The van der Waals surface area contributed by atoms with Gasteiger partial charge in [-0.05, 0) is 38.0 Å². The van der Waals surface area contributed by atoms with Crippen molar-refractivity contribution in [3.63, 3.8) is 0 Å². The van der Waals surface area contributed by atoms with E-state index in [-0.39, 0.29) is 29.1 Å². The molecule has 0 aliphatic carbocycles. The molecule has 0 fully saturated rings. The number of carbonyl (C=O) groups is 1. The molecule has 1 aromatic carbocycles. The van der Waals surface area contributed by atoms with Gasteiger partial charge in [0.1, 0.15) is 5.82 Å². The van der Waals surface area contributed by atoms with Crippen LogP contribution in [0, 0.1) is 5.82 Å². The summed E-state index contributed by atoms with van der Waals surface area (Å²) in [4.78, 5) is 19.5. The maximum Gasteiger partial charge on any atom is 0.305 e. The first kappa shape index (κ1) is 17.1. The number of halogens is 2. The van der Waals surface area contributed by atoms with Crippen LogP contribution in [0.25, 0.3) is 11.4 Å². The average Bonchev–Trinajstić information content (AvgIpc) is 2.50. The Morgan fingerprint density at radius 3 is 2.83 bits per heavy atom. The van der Waals surface area contributed by atoms with Crippen molar-refractivity contribution < 1.29 is 19.0 Å². The minimum absolute atomic E-state index is 0.00330.